The van der Waals surface area contributed by atoms with Crippen LogP contribution >= 0.6 is 0 Å². The minimum Gasteiger partial charge on any atom is -0.381 e. The van der Waals surface area contributed by atoms with E-state index in [1.54, 1.807) is 18.2 Å². The summed E-state index contributed by atoms with van der Waals surface area (Å²) in [7, 11) is 0. The molecule has 0 bridgehead atoms. The molecular formula is C17H14FN3. The van der Waals surface area contributed by atoms with Gasteiger partial charge in [0.1, 0.15) is 5.82 Å². The molecule has 0 saturated carbocycles. The summed E-state index contributed by atoms with van der Waals surface area (Å²) >= 11 is 0. The number of aromatic nitrogens is 1. The summed E-state index contributed by atoms with van der Waals surface area (Å²) in [6.07, 6.45) is 1.98. The average Bonchev–Trinajstić information content (AvgIpc) is 2.91. The first-order valence-corrected chi connectivity index (χ1v) is 6.75. The predicted molar refractivity (Wildman–Crippen MR) is 81.5 cm³/mol. The molecule has 1 heterocycles. The van der Waals surface area contributed by atoms with Crippen LogP contribution in [0.25, 0.3) is 10.9 Å². The maximum Gasteiger partial charge on any atom is 0.146 e. The van der Waals surface area contributed by atoms with Crippen LogP contribution in [0.5, 0.6) is 0 Å². The molecule has 3 rings (SSSR count). The maximum absolute atomic E-state index is 13.5. The second-order valence-electron chi connectivity index (χ2n) is 4.80. The van der Waals surface area contributed by atoms with Crippen LogP contribution in [-0.4, -0.2) is 11.1 Å². The Morgan fingerprint density at radius 2 is 2.00 bits per heavy atom. The van der Waals surface area contributed by atoms with E-state index in [9.17, 15) is 4.39 Å². The molecule has 0 fully saturated rings. The van der Waals surface area contributed by atoms with Gasteiger partial charge in [-0.25, -0.2) is 4.39 Å². The Morgan fingerprint density at radius 3 is 2.81 bits per heavy atom. The molecule has 0 unspecified atom stereocenters. The van der Waals surface area contributed by atoms with Crippen LogP contribution in [0.3, 0.4) is 0 Å². The molecule has 4 heteroatoms. The number of hydrogen-bond donors (Lipinski definition) is 1. The smallest absolute Gasteiger partial charge is 0.146 e. The van der Waals surface area contributed by atoms with E-state index in [4.69, 9.17) is 5.26 Å². The van der Waals surface area contributed by atoms with E-state index >= 15 is 0 Å². The minimum absolute atomic E-state index is 0.248. The average molecular weight is 279 g/mol. The number of rotatable bonds is 4. The molecule has 0 radical (unpaired) electrons. The Morgan fingerprint density at radius 1 is 1.14 bits per heavy atom. The summed E-state index contributed by atoms with van der Waals surface area (Å²) in [6.45, 7) is 1.31. The van der Waals surface area contributed by atoms with Gasteiger partial charge < -0.3 is 9.88 Å². The lowest BCUT2D eigenvalue weighted by atomic mass is 10.2. The molecule has 2 aromatic carbocycles. The van der Waals surface area contributed by atoms with Crippen molar-refractivity contribution in [2.24, 2.45) is 0 Å². The van der Waals surface area contributed by atoms with Crippen molar-refractivity contribution in [1.29, 1.82) is 5.26 Å². The predicted octanol–water partition coefficient (Wildman–Crippen LogP) is 3.76. The Labute approximate surface area is 122 Å². The minimum atomic E-state index is -0.248. The largest absolute Gasteiger partial charge is 0.381 e. The number of nitriles is 1. The molecule has 1 aromatic heterocycles. The number of benzene rings is 2. The molecule has 0 spiro atoms. The third-order valence-corrected chi connectivity index (χ3v) is 3.45. The zero-order valence-corrected chi connectivity index (χ0v) is 11.4. The Balaban J connectivity index is 1.74. The molecular weight excluding hydrogens is 265 g/mol. The van der Waals surface area contributed by atoms with E-state index in [1.165, 1.54) is 6.07 Å². The Hall–Kier alpha value is -2.80. The standard InChI is InChI=1S/C17H14FN3/c18-15-3-1-2-4-16(15)20-8-10-21-9-7-14-6-5-13(12-19)11-17(14)21/h1-7,9,11,20H,8,10H2. The number of nitrogens with zero attached hydrogens (tertiary/aromatic N) is 2. The van der Waals surface area contributed by atoms with Crippen LogP contribution in [0.15, 0.2) is 54.7 Å². The van der Waals surface area contributed by atoms with Gasteiger partial charge in [0.05, 0.1) is 17.3 Å². The highest BCUT2D eigenvalue weighted by molar-refractivity contribution is 5.81. The monoisotopic (exact) mass is 279 g/mol. The van der Waals surface area contributed by atoms with Gasteiger partial charge in [-0.2, -0.15) is 5.26 Å². The molecule has 0 amide bonds. The zero-order valence-electron chi connectivity index (χ0n) is 11.4. The molecule has 104 valence electrons. The number of fused-ring (bicyclic) bond motifs is 1. The lowest BCUT2D eigenvalue weighted by Crippen LogP contribution is -2.10. The number of halogens is 1. The third kappa shape index (κ3) is 2.72. The highest BCUT2D eigenvalue weighted by Gasteiger charge is 2.03. The highest BCUT2D eigenvalue weighted by atomic mass is 19.1. The fraction of sp³-hybridized carbons (Fsp3) is 0.118. The summed E-state index contributed by atoms with van der Waals surface area (Å²) in [5.41, 5.74) is 2.17. The van der Waals surface area contributed by atoms with E-state index in [-0.39, 0.29) is 5.82 Å². The van der Waals surface area contributed by atoms with Crippen molar-refractivity contribution in [3.05, 3.63) is 66.1 Å². The van der Waals surface area contributed by atoms with Gasteiger partial charge >= 0.3 is 0 Å². The highest BCUT2D eigenvalue weighted by Crippen LogP contribution is 2.18. The topological polar surface area (TPSA) is 40.8 Å². The molecule has 0 aliphatic rings. The van der Waals surface area contributed by atoms with Gasteiger partial charge in [0.25, 0.3) is 0 Å². The van der Waals surface area contributed by atoms with Crippen molar-refractivity contribution < 1.29 is 4.39 Å². The van der Waals surface area contributed by atoms with Gasteiger partial charge in [-0.05, 0) is 35.7 Å². The SMILES string of the molecule is N#Cc1ccc2ccn(CCNc3ccccc3F)c2c1. The van der Waals surface area contributed by atoms with Gasteiger partial charge in [-0.15, -0.1) is 0 Å². The van der Waals surface area contributed by atoms with Crippen molar-refractivity contribution in [3.8, 4) is 6.07 Å². The molecule has 0 atom stereocenters. The van der Waals surface area contributed by atoms with Gasteiger partial charge in [0.15, 0.2) is 0 Å². The second-order valence-corrected chi connectivity index (χ2v) is 4.80. The first-order chi connectivity index (χ1) is 10.3. The molecule has 1 N–H and O–H groups in total. The second kappa shape index (κ2) is 5.68. The number of anilines is 1. The fourth-order valence-electron chi connectivity index (χ4n) is 2.36. The summed E-state index contributed by atoms with van der Waals surface area (Å²) in [6, 6.07) is 16.4. The lowest BCUT2D eigenvalue weighted by Gasteiger charge is -2.09. The normalized spacial score (nSPS) is 10.5. The molecule has 0 aliphatic heterocycles. The number of hydrogen-bond acceptors (Lipinski definition) is 2. The summed E-state index contributed by atoms with van der Waals surface area (Å²) in [5, 5.41) is 13.1. The van der Waals surface area contributed by atoms with Crippen LogP contribution in [-0.2, 0) is 6.54 Å². The quantitative estimate of drug-likeness (QED) is 0.790. The number of para-hydroxylation sites is 1. The fourth-order valence-corrected chi connectivity index (χ4v) is 2.36. The van der Waals surface area contributed by atoms with E-state index in [1.807, 2.05) is 30.5 Å². The van der Waals surface area contributed by atoms with Gasteiger partial charge in [-0.1, -0.05) is 18.2 Å². The summed E-state index contributed by atoms with van der Waals surface area (Å²) in [4.78, 5) is 0. The third-order valence-electron chi connectivity index (χ3n) is 3.45. The van der Waals surface area contributed by atoms with Crippen molar-refractivity contribution in [2.45, 2.75) is 6.54 Å². The molecule has 3 nitrogen and oxygen atoms in total. The van der Waals surface area contributed by atoms with E-state index < -0.39 is 0 Å². The van der Waals surface area contributed by atoms with E-state index in [0.29, 0.717) is 24.3 Å². The van der Waals surface area contributed by atoms with Crippen LogP contribution in [0, 0.1) is 17.1 Å². The first kappa shape index (κ1) is 13.2. The van der Waals surface area contributed by atoms with E-state index in [0.717, 1.165) is 10.9 Å². The van der Waals surface area contributed by atoms with Crippen LogP contribution in [0.4, 0.5) is 10.1 Å². The van der Waals surface area contributed by atoms with E-state index in [2.05, 4.69) is 16.0 Å². The molecule has 21 heavy (non-hydrogen) atoms. The first-order valence-electron chi connectivity index (χ1n) is 6.75. The number of nitrogens with one attached hydrogen (secondary N) is 1. The molecule has 0 saturated heterocycles. The van der Waals surface area contributed by atoms with Crippen molar-refractivity contribution >= 4 is 16.6 Å². The Bertz CT molecular complexity index is 814. The van der Waals surface area contributed by atoms with Gasteiger partial charge in [0, 0.05) is 24.8 Å². The molecule has 3 aromatic rings. The maximum atomic E-state index is 13.5. The van der Waals surface area contributed by atoms with Gasteiger partial charge in [0.2, 0.25) is 0 Å². The van der Waals surface area contributed by atoms with Crippen molar-refractivity contribution in [2.75, 3.05) is 11.9 Å². The van der Waals surface area contributed by atoms with Crippen molar-refractivity contribution in [1.82, 2.24) is 4.57 Å². The Kier molecular flexibility index (Phi) is 3.57. The van der Waals surface area contributed by atoms with Crippen LogP contribution < -0.4 is 5.32 Å². The summed E-state index contributed by atoms with van der Waals surface area (Å²) < 4.78 is 15.6. The van der Waals surface area contributed by atoms with Crippen LogP contribution in [0.1, 0.15) is 5.56 Å². The lowest BCUT2D eigenvalue weighted by molar-refractivity contribution is 0.628. The van der Waals surface area contributed by atoms with Crippen molar-refractivity contribution in [3.63, 3.8) is 0 Å². The van der Waals surface area contributed by atoms with Crippen LogP contribution in [0.2, 0.25) is 0 Å². The van der Waals surface area contributed by atoms with Gasteiger partial charge in [-0.3, -0.25) is 0 Å². The molecule has 0 aliphatic carbocycles. The summed E-state index contributed by atoms with van der Waals surface area (Å²) in [5.74, 6) is -0.248. The zero-order chi connectivity index (χ0) is 14.7.